The summed E-state index contributed by atoms with van der Waals surface area (Å²) in [5.41, 5.74) is 0.308. The van der Waals surface area contributed by atoms with Crippen LogP contribution in [0, 0.1) is 6.92 Å². The van der Waals surface area contributed by atoms with Crippen LogP contribution in [0.15, 0.2) is 9.95 Å². The molecule has 12 heteroatoms. The molecular formula is C18H25N5O5S2. The molecule has 2 N–H and O–H groups in total. The summed E-state index contributed by atoms with van der Waals surface area (Å²) in [5, 5.41) is 9.67. The maximum atomic E-state index is 12.5. The van der Waals surface area contributed by atoms with Gasteiger partial charge in [-0.15, -0.1) is 16.4 Å². The minimum atomic E-state index is -0.601. The Labute approximate surface area is 182 Å². The van der Waals surface area contributed by atoms with E-state index in [-0.39, 0.29) is 34.5 Å². The number of rotatable bonds is 9. The van der Waals surface area contributed by atoms with E-state index in [2.05, 4.69) is 15.5 Å². The van der Waals surface area contributed by atoms with Crippen molar-refractivity contribution in [3.8, 4) is 0 Å². The van der Waals surface area contributed by atoms with Gasteiger partial charge in [-0.1, -0.05) is 18.7 Å². The van der Waals surface area contributed by atoms with E-state index < -0.39 is 11.9 Å². The number of nitrogens with one attached hydrogen (secondary N) is 2. The number of amides is 2. The minimum absolute atomic E-state index is 0.0236. The first-order valence-electron chi connectivity index (χ1n) is 9.31. The minimum Gasteiger partial charge on any atom is -0.462 e. The first kappa shape index (κ1) is 23.7. The molecule has 2 amide bonds. The molecule has 0 radical (unpaired) electrons. The van der Waals surface area contributed by atoms with Crippen molar-refractivity contribution in [2.24, 2.45) is 0 Å². The van der Waals surface area contributed by atoms with Gasteiger partial charge >= 0.3 is 11.7 Å². The average molecular weight is 456 g/mol. The molecule has 0 aliphatic carbocycles. The van der Waals surface area contributed by atoms with Crippen LogP contribution in [0.1, 0.15) is 45.9 Å². The van der Waals surface area contributed by atoms with Gasteiger partial charge in [0.25, 0.3) is 5.91 Å². The van der Waals surface area contributed by atoms with Gasteiger partial charge in [0.2, 0.25) is 5.91 Å². The quantitative estimate of drug-likeness (QED) is 0.437. The monoisotopic (exact) mass is 455 g/mol. The molecule has 0 spiro atoms. The van der Waals surface area contributed by atoms with Gasteiger partial charge in [-0.05, 0) is 25.8 Å². The predicted molar refractivity (Wildman–Crippen MR) is 116 cm³/mol. The average Bonchev–Trinajstić information content (AvgIpc) is 3.20. The van der Waals surface area contributed by atoms with Crippen LogP contribution in [0.3, 0.4) is 0 Å². The van der Waals surface area contributed by atoms with E-state index in [0.29, 0.717) is 22.1 Å². The zero-order valence-corrected chi connectivity index (χ0v) is 19.2. The molecular weight excluding hydrogens is 430 g/mol. The van der Waals surface area contributed by atoms with Gasteiger partial charge in [-0.2, -0.15) is 0 Å². The highest BCUT2D eigenvalue weighted by Crippen LogP contribution is 2.34. The molecule has 0 bridgehead atoms. The Hall–Kier alpha value is -2.60. The van der Waals surface area contributed by atoms with Crippen LogP contribution in [0.2, 0.25) is 0 Å². The molecule has 0 atom stereocenters. The van der Waals surface area contributed by atoms with Crippen molar-refractivity contribution in [3.05, 3.63) is 26.5 Å². The molecule has 0 saturated carbocycles. The fourth-order valence-electron chi connectivity index (χ4n) is 2.58. The highest BCUT2D eigenvalue weighted by Gasteiger charge is 2.27. The Balaban J connectivity index is 2.23. The van der Waals surface area contributed by atoms with E-state index in [4.69, 9.17) is 4.74 Å². The summed E-state index contributed by atoms with van der Waals surface area (Å²) in [5.74, 6) is -1.28. The summed E-state index contributed by atoms with van der Waals surface area (Å²) in [4.78, 5) is 50.9. The Bertz CT molecular complexity index is 992. The lowest BCUT2D eigenvalue weighted by atomic mass is 10.1. The number of carbonyl (C=O) groups excluding carboxylic acids is 3. The summed E-state index contributed by atoms with van der Waals surface area (Å²) in [6.45, 7) is 5.93. The number of carbonyl (C=O) groups is 3. The second-order valence-corrected chi connectivity index (χ2v) is 8.44. The number of nitrogens with zero attached hydrogens (tertiary/aromatic N) is 3. The molecule has 2 rings (SSSR count). The summed E-state index contributed by atoms with van der Waals surface area (Å²) < 4.78 is 6.56. The lowest BCUT2D eigenvalue weighted by Gasteiger charge is -2.09. The van der Waals surface area contributed by atoms with Crippen molar-refractivity contribution in [2.45, 2.75) is 38.9 Å². The molecule has 2 heterocycles. The fourth-order valence-corrected chi connectivity index (χ4v) is 4.59. The number of ether oxygens (including phenoxy) is 1. The first-order valence-corrected chi connectivity index (χ1v) is 11.1. The number of hydrogen-bond acceptors (Lipinski definition) is 8. The number of aromatic amines is 1. The summed E-state index contributed by atoms with van der Waals surface area (Å²) in [7, 11) is 3.22. The van der Waals surface area contributed by atoms with Gasteiger partial charge in [0, 0.05) is 20.6 Å². The largest absolute Gasteiger partial charge is 0.462 e. The van der Waals surface area contributed by atoms with E-state index in [1.54, 1.807) is 27.9 Å². The number of aromatic nitrogens is 3. The van der Waals surface area contributed by atoms with Crippen LogP contribution < -0.4 is 11.0 Å². The Morgan fingerprint density at radius 2 is 2.00 bits per heavy atom. The molecule has 0 saturated heterocycles. The molecule has 0 aliphatic rings. The second-order valence-electron chi connectivity index (χ2n) is 6.48. The SMILES string of the molecule is CCCn1c(SCC(=O)Nc2sc(C(=O)N(C)C)c(C)c2C(=O)OCC)n[nH]c1=O. The Kier molecular flexibility index (Phi) is 8.24. The van der Waals surface area contributed by atoms with Crippen LogP contribution in [-0.4, -0.2) is 63.9 Å². The molecule has 0 unspecified atom stereocenters. The predicted octanol–water partition coefficient (Wildman–Crippen LogP) is 1.96. The van der Waals surface area contributed by atoms with E-state index >= 15 is 0 Å². The number of esters is 1. The van der Waals surface area contributed by atoms with Crippen molar-refractivity contribution in [2.75, 3.05) is 31.8 Å². The molecule has 30 heavy (non-hydrogen) atoms. The third-order valence-electron chi connectivity index (χ3n) is 3.98. The van der Waals surface area contributed by atoms with E-state index in [1.807, 2.05) is 6.92 Å². The number of anilines is 1. The van der Waals surface area contributed by atoms with E-state index in [1.165, 1.54) is 9.47 Å². The number of H-pyrrole nitrogens is 1. The van der Waals surface area contributed by atoms with Crippen LogP contribution in [-0.2, 0) is 16.1 Å². The molecule has 2 aromatic rings. The van der Waals surface area contributed by atoms with Gasteiger partial charge in [-0.3, -0.25) is 14.2 Å². The molecule has 2 aromatic heterocycles. The Morgan fingerprint density at radius 3 is 2.60 bits per heavy atom. The summed E-state index contributed by atoms with van der Waals surface area (Å²) in [6.07, 6.45) is 0.749. The zero-order chi connectivity index (χ0) is 22.4. The third-order valence-corrected chi connectivity index (χ3v) is 6.15. The van der Waals surface area contributed by atoms with Gasteiger partial charge in [0.1, 0.15) is 5.00 Å². The van der Waals surface area contributed by atoms with Crippen molar-refractivity contribution in [3.63, 3.8) is 0 Å². The summed E-state index contributed by atoms with van der Waals surface area (Å²) >= 11 is 2.14. The summed E-state index contributed by atoms with van der Waals surface area (Å²) in [6, 6.07) is 0. The van der Waals surface area contributed by atoms with Crippen molar-refractivity contribution < 1.29 is 19.1 Å². The zero-order valence-electron chi connectivity index (χ0n) is 17.5. The standard InChI is InChI=1S/C18H25N5O5S2/c1-6-8-23-17(27)20-21-18(23)29-9-11(24)19-14-12(16(26)28-7-2)10(3)13(30-14)15(25)22(4)5/h6-9H2,1-5H3,(H,19,24)(H,20,27). The maximum Gasteiger partial charge on any atom is 0.343 e. The van der Waals surface area contributed by atoms with Crippen LogP contribution in [0.25, 0.3) is 0 Å². The van der Waals surface area contributed by atoms with Gasteiger partial charge < -0.3 is 15.0 Å². The highest BCUT2D eigenvalue weighted by molar-refractivity contribution is 7.99. The lowest BCUT2D eigenvalue weighted by Crippen LogP contribution is -2.21. The second kappa shape index (κ2) is 10.4. The van der Waals surface area contributed by atoms with Gasteiger partial charge in [0.05, 0.1) is 22.8 Å². The Morgan fingerprint density at radius 1 is 1.30 bits per heavy atom. The van der Waals surface area contributed by atoms with Crippen molar-refractivity contribution in [1.82, 2.24) is 19.7 Å². The van der Waals surface area contributed by atoms with Crippen LogP contribution >= 0.6 is 23.1 Å². The number of thiophene rings is 1. The third kappa shape index (κ3) is 5.30. The van der Waals surface area contributed by atoms with Crippen LogP contribution in [0.5, 0.6) is 0 Å². The molecule has 0 aromatic carbocycles. The molecule has 164 valence electrons. The molecule has 0 fully saturated rings. The van der Waals surface area contributed by atoms with E-state index in [0.717, 1.165) is 29.5 Å². The molecule has 0 aliphatic heterocycles. The van der Waals surface area contributed by atoms with Gasteiger partial charge in [-0.25, -0.2) is 14.7 Å². The fraction of sp³-hybridized carbons (Fsp3) is 0.500. The number of thioether (sulfide) groups is 1. The lowest BCUT2D eigenvalue weighted by molar-refractivity contribution is -0.113. The number of hydrogen-bond donors (Lipinski definition) is 2. The van der Waals surface area contributed by atoms with Crippen molar-refractivity contribution in [1.29, 1.82) is 0 Å². The van der Waals surface area contributed by atoms with E-state index in [9.17, 15) is 19.2 Å². The highest BCUT2D eigenvalue weighted by atomic mass is 32.2. The molecule has 10 nitrogen and oxygen atoms in total. The van der Waals surface area contributed by atoms with Gasteiger partial charge in [0.15, 0.2) is 5.16 Å². The van der Waals surface area contributed by atoms with Crippen molar-refractivity contribution >= 4 is 45.9 Å². The normalized spacial score (nSPS) is 10.7. The maximum absolute atomic E-state index is 12.5. The smallest absolute Gasteiger partial charge is 0.343 e. The van der Waals surface area contributed by atoms with Crippen LogP contribution in [0.4, 0.5) is 5.00 Å². The topological polar surface area (TPSA) is 126 Å². The first-order chi connectivity index (χ1) is 14.2.